The molecule has 0 aliphatic carbocycles. The maximum absolute atomic E-state index is 10.4. The predicted molar refractivity (Wildman–Crippen MR) is 233 cm³/mol. The lowest BCUT2D eigenvalue weighted by Crippen LogP contribution is -2.11. The van der Waals surface area contributed by atoms with Crippen molar-refractivity contribution in [3.05, 3.63) is 205 Å². The Bertz CT molecular complexity index is 2900. The van der Waals surface area contributed by atoms with Gasteiger partial charge in [-0.15, -0.1) is 0 Å². The average molecular weight is 713 g/mol. The van der Waals surface area contributed by atoms with Gasteiger partial charge in [0.15, 0.2) is 0 Å². The SMILES string of the molecule is N#Cc1cc2c(cc1C#N)c1cc(N(c3ccccc3)c3ccccc3)c3ccccc3c1c1c3ccccc3c(N(c3ccccc3)c3ccccc3)cc21. The molecule has 4 nitrogen and oxygen atoms in total. The molecular formula is C52H32N4. The van der Waals surface area contributed by atoms with Crippen LogP contribution in [0.3, 0.4) is 0 Å². The van der Waals surface area contributed by atoms with Gasteiger partial charge in [-0.2, -0.15) is 10.5 Å². The van der Waals surface area contributed by atoms with Crippen molar-refractivity contribution in [1.29, 1.82) is 10.5 Å². The molecule has 0 saturated carbocycles. The molecule has 0 saturated heterocycles. The van der Waals surface area contributed by atoms with Gasteiger partial charge in [-0.3, -0.25) is 0 Å². The third-order valence-corrected chi connectivity index (χ3v) is 10.8. The Balaban J connectivity index is 1.42. The summed E-state index contributed by atoms with van der Waals surface area (Å²) in [5.74, 6) is 0. The second-order valence-electron chi connectivity index (χ2n) is 13.9. The van der Waals surface area contributed by atoms with E-state index in [1.807, 2.05) is 36.4 Å². The van der Waals surface area contributed by atoms with Crippen LogP contribution in [-0.4, -0.2) is 0 Å². The van der Waals surface area contributed by atoms with Crippen LogP contribution in [0.25, 0.3) is 53.9 Å². The van der Waals surface area contributed by atoms with Crippen LogP contribution in [-0.2, 0) is 0 Å². The van der Waals surface area contributed by atoms with Crippen molar-refractivity contribution in [3.8, 4) is 12.1 Å². The zero-order chi connectivity index (χ0) is 37.6. The number of fused-ring (bicyclic) bond motifs is 10. The first-order valence-corrected chi connectivity index (χ1v) is 18.6. The Labute approximate surface area is 324 Å². The van der Waals surface area contributed by atoms with E-state index >= 15 is 0 Å². The molecule has 0 fully saturated rings. The number of benzene rings is 10. The van der Waals surface area contributed by atoms with Gasteiger partial charge in [-0.05, 0) is 116 Å². The number of rotatable bonds is 6. The third kappa shape index (κ3) is 5.21. The number of nitrogens with zero attached hydrogens (tertiary/aromatic N) is 4. The minimum absolute atomic E-state index is 0.356. The van der Waals surface area contributed by atoms with Crippen LogP contribution in [0.2, 0.25) is 0 Å². The third-order valence-electron chi connectivity index (χ3n) is 10.8. The van der Waals surface area contributed by atoms with Crippen molar-refractivity contribution in [1.82, 2.24) is 0 Å². The van der Waals surface area contributed by atoms with E-state index in [1.165, 1.54) is 0 Å². The first-order valence-electron chi connectivity index (χ1n) is 18.6. The van der Waals surface area contributed by atoms with Gasteiger partial charge in [0.25, 0.3) is 0 Å². The van der Waals surface area contributed by atoms with Gasteiger partial charge in [0.05, 0.1) is 22.5 Å². The first kappa shape index (κ1) is 32.7. The summed E-state index contributed by atoms with van der Waals surface area (Å²) in [7, 11) is 0. The van der Waals surface area contributed by atoms with Gasteiger partial charge in [-0.1, -0.05) is 121 Å². The van der Waals surface area contributed by atoms with Crippen molar-refractivity contribution < 1.29 is 0 Å². The van der Waals surface area contributed by atoms with Crippen molar-refractivity contribution in [2.24, 2.45) is 0 Å². The second kappa shape index (κ2) is 13.5. The molecule has 4 heteroatoms. The number of hydrogen-bond acceptors (Lipinski definition) is 4. The summed E-state index contributed by atoms with van der Waals surface area (Å²) in [6.07, 6.45) is 0. The van der Waals surface area contributed by atoms with E-state index in [2.05, 4.69) is 180 Å². The molecular weight excluding hydrogens is 681 g/mol. The maximum atomic E-state index is 10.4. The molecule has 0 bridgehead atoms. The molecule has 56 heavy (non-hydrogen) atoms. The lowest BCUT2D eigenvalue weighted by Gasteiger charge is -2.29. The Morgan fingerprint density at radius 3 is 0.875 bits per heavy atom. The topological polar surface area (TPSA) is 54.1 Å². The van der Waals surface area contributed by atoms with Crippen LogP contribution in [0.15, 0.2) is 194 Å². The fourth-order valence-corrected chi connectivity index (χ4v) is 8.44. The summed E-state index contributed by atoms with van der Waals surface area (Å²) in [6.45, 7) is 0. The number of nitriles is 2. The largest absolute Gasteiger partial charge is 0.310 e. The van der Waals surface area contributed by atoms with Crippen LogP contribution in [0.5, 0.6) is 0 Å². The van der Waals surface area contributed by atoms with E-state index in [0.717, 1.165) is 88.0 Å². The van der Waals surface area contributed by atoms with Crippen LogP contribution in [0, 0.1) is 22.7 Å². The lowest BCUT2D eigenvalue weighted by atomic mass is 9.86. The summed E-state index contributed by atoms with van der Waals surface area (Å²) < 4.78 is 0. The van der Waals surface area contributed by atoms with Crippen LogP contribution in [0.1, 0.15) is 11.1 Å². The summed E-state index contributed by atoms with van der Waals surface area (Å²) in [5, 5.41) is 31.3. The van der Waals surface area contributed by atoms with E-state index in [-0.39, 0.29) is 0 Å². The number of anilines is 6. The van der Waals surface area contributed by atoms with E-state index in [9.17, 15) is 10.5 Å². The molecule has 260 valence electrons. The number of para-hydroxylation sites is 4. The van der Waals surface area contributed by atoms with Gasteiger partial charge in [0.1, 0.15) is 12.1 Å². The Morgan fingerprint density at radius 1 is 0.286 bits per heavy atom. The molecule has 10 aromatic carbocycles. The van der Waals surface area contributed by atoms with Gasteiger partial charge in [-0.25, -0.2) is 0 Å². The van der Waals surface area contributed by atoms with Gasteiger partial charge in [0.2, 0.25) is 0 Å². The molecule has 0 aromatic heterocycles. The highest BCUT2D eigenvalue weighted by Crippen LogP contribution is 2.50. The summed E-state index contributed by atoms with van der Waals surface area (Å²) in [6, 6.07) is 72.2. The standard InChI is InChI=1S/C52H32N4/c53-33-35-29-45-46(30-36(35)34-54)48-32-50(56(39-21-9-3-10-22-39)40-23-11-4-12-24-40)42-26-14-16-28-44(42)52(48)51-43-27-15-13-25-41(43)49(31-47(45)51)55(37-17-5-1-6-18-37)38-19-7-2-8-20-38/h1-32H. The van der Waals surface area contributed by atoms with E-state index in [0.29, 0.717) is 11.1 Å². The highest BCUT2D eigenvalue weighted by molar-refractivity contribution is 6.39. The highest BCUT2D eigenvalue weighted by atomic mass is 15.1. The second-order valence-corrected chi connectivity index (χ2v) is 13.9. The van der Waals surface area contributed by atoms with Crippen LogP contribution in [0.4, 0.5) is 34.1 Å². The number of hydrogen-bond donors (Lipinski definition) is 0. The van der Waals surface area contributed by atoms with Crippen LogP contribution < -0.4 is 9.80 Å². The van der Waals surface area contributed by atoms with Gasteiger partial charge >= 0.3 is 0 Å². The molecule has 0 aliphatic heterocycles. The molecule has 0 heterocycles. The quantitative estimate of drug-likeness (QED) is 0.161. The fourth-order valence-electron chi connectivity index (χ4n) is 8.44. The summed E-state index contributed by atoms with van der Waals surface area (Å²) in [4.78, 5) is 4.62. The Morgan fingerprint density at radius 2 is 0.571 bits per heavy atom. The van der Waals surface area contributed by atoms with E-state index in [1.54, 1.807) is 0 Å². The van der Waals surface area contributed by atoms with E-state index in [4.69, 9.17) is 0 Å². The Kier molecular flexibility index (Phi) is 7.88. The molecule has 0 amide bonds. The maximum Gasteiger partial charge on any atom is 0.101 e. The minimum Gasteiger partial charge on any atom is -0.310 e. The van der Waals surface area contributed by atoms with Gasteiger partial charge < -0.3 is 9.80 Å². The zero-order valence-corrected chi connectivity index (χ0v) is 30.3. The van der Waals surface area contributed by atoms with Crippen molar-refractivity contribution in [2.75, 3.05) is 9.80 Å². The summed E-state index contributed by atoms with van der Waals surface area (Å²) in [5.41, 5.74) is 6.90. The monoisotopic (exact) mass is 712 g/mol. The molecule has 0 unspecified atom stereocenters. The van der Waals surface area contributed by atoms with Crippen LogP contribution >= 0.6 is 0 Å². The molecule has 0 atom stereocenters. The molecule has 0 N–H and O–H groups in total. The first-order chi connectivity index (χ1) is 27.7. The predicted octanol–water partition coefficient (Wildman–Crippen LogP) is 14.1. The smallest absolute Gasteiger partial charge is 0.101 e. The average Bonchev–Trinajstić information content (AvgIpc) is 3.27. The Hall–Kier alpha value is -7.92. The van der Waals surface area contributed by atoms with Crippen molar-refractivity contribution in [3.63, 3.8) is 0 Å². The summed E-state index contributed by atoms with van der Waals surface area (Å²) >= 11 is 0. The zero-order valence-electron chi connectivity index (χ0n) is 30.3. The molecule has 10 rings (SSSR count). The highest BCUT2D eigenvalue weighted by Gasteiger charge is 2.24. The van der Waals surface area contributed by atoms with Crippen molar-refractivity contribution >= 4 is 88.0 Å². The van der Waals surface area contributed by atoms with Crippen molar-refractivity contribution in [2.45, 2.75) is 0 Å². The normalized spacial score (nSPS) is 11.2. The lowest BCUT2D eigenvalue weighted by molar-refractivity contribution is 1.30. The molecule has 0 spiro atoms. The molecule has 0 radical (unpaired) electrons. The van der Waals surface area contributed by atoms with E-state index < -0.39 is 0 Å². The molecule has 0 aliphatic rings. The fraction of sp³-hybridized carbons (Fsp3) is 0. The van der Waals surface area contributed by atoms with Gasteiger partial charge in [0, 0.05) is 33.5 Å². The molecule has 10 aromatic rings. The minimum atomic E-state index is 0.356.